The molecule has 0 spiro atoms. The summed E-state index contributed by atoms with van der Waals surface area (Å²) in [6.07, 6.45) is 5.14. The fraction of sp³-hybridized carbons (Fsp3) is 0.368. The monoisotopic (exact) mass is 361 g/mol. The van der Waals surface area contributed by atoms with Gasteiger partial charge in [0.25, 0.3) is 0 Å². The van der Waals surface area contributed by atoms with Gasteiger partial charge in [-0.1, -0.05) is 66.4 Å². The van der Waals surface area contributed by atoms with Crippen LogP contribution in [0.5, 0.6) is 11.5 Å². The van der Waals surface area contributed by atoms with E-state index in [0.717, 1.165) is 29.1 Å². The van der Waals surface area contributed by atoms with Crippen molar-refractivity contribution in [1.29, 1.82) is 0 Å². The molecule has 0 bridgehead atoms. The SMILES string of the molecule is CCCCCCNCc1ccc(Br)cc1Oc1ccccc1. The number of unbranched alkanes of at least 4 members (excludes halogenated alkanes) is 3. The summed E-state index contributed by atoms with van der Waals surface area (Å²) in [7, 11) is 0. The van der Waals surface area contributed by atoms with Gasteiger partial charge in [-0.25, -0.2) is 0 Å². The predicted octanol–water partition coefficient (Wildman–Crippen LogP) is 5.91. The molecule has 2 aromatic rings. The second-order valence-electron chi connectivity index (χ2n) is 5.40. The quantitative estimate of drug-likeness (QED) is 0.560. The van der Waals surface area contributed by atoms with Crippen LogP contribution in [0.1, 0.15) is 38.2 Å². The van der Waals surface area contributed by atoms with Gasteiger partial charge in [-0.3, -0.25) is 0 Å². The maximum atomic E-state index is 6.02. The number of ether oxygens (including phenoxy) is 1. The third-order valence-corrected chi connectivity index (χ3v) is 4.02. The predicted molar refractivity (Wildman–Crippen MR) is 96.5 cm³/mol. The fourth-order valence-corrected chi connectivity index (χ4v) is 2.62. The van der Waals surface area contributed by atoms with Crippen molar-refractivity contribution in [2.45, 2.75) is 39.2 Å². The normalized spacial score (nSPS) is 10.6. The number of benzene rings is 2. The van der Waals surface area contributed by atoms with Crippen LogP contribution in [0.25, 0.3) is 0 Å². The number of halogens is 1. The second-order valence-corrected chi connectivity index (χ2v) is 6.32. The van der Waals surface area contributed by atoms with E-state index in [-0.39, 0.29) is 0 Å². The minimum atomic E-state index is 0.835. The van der Waals surface area contributed by atoms with Crippen molar-refractivity contribution < 1.29 is 4.74 Å². The Morgan fingerprint density at radius 2 is 1.82 bits per heavy atom. The molecule has 0 amide bonds. The number of hydrogen-bond donors (Lipinski definition) is 1. The van der Waals surface area contributed by atoms with E-state index in [1.807, 2.05) is 36.4 Å². The number of hydrogen-bond acceptors (Lipinski definition) is 2. The molecule has 0 fully saturated rings. The minimum absolute atomic E-state index is 0.835. The molecule has 0 unspecified atom stereocenters. The molecule has 2 rings (SSSR count). The van der Waals surface area contributed by atoms with Crippen LogP contribution < -0.4 is 10.1 Å². The lowest BCUT2D eigenvalue weighted by Gasteiger charge is -2.12. The standard InChI is InChI=1S/C19H24BrNO/c1-2-3-4-8-13-21-15-16-11-12-17(20)14-19(16)22-18-9-6-5-7-10-18/h5-7,9-12,14,21H,2-4,8,13,15H2,1H3. The Bertz CT molecular complexity index is 557. The van der Waals surface area contributed by atoms with E-state index in [1.165, 1.54) is 31.2 Å². The van der Waals surface area contributed by atoms with Crippen LogP contribution >= 0.6 is 15.9 Å². The Labute approximate surface area is 142 Å². The van der Waals surface area contributed by atoms with E-state index in [4.69, 9.17) is 4.74 Å². The maximum Gasteiger partial charge on any atom is 0.133 e. The number of rotatable bonds is 9. The molecule has 3 heteroatoms. The van der Waals surface area contributed by atoms with Gasteiger partial charge in [0.05, 0.1) is 0 Å². The fourth-order valence-electron chi connectivity index (χ4n) is 2.28. The summed E-state index contributed by atoms with van der Waals surface area (Å²) in [4.78, 5) is 0. The summed E-state index contributed by atoms with van der Waals surface area (Å²) in [5, 5.41) is 3.51. The first-order valence-electron chi connectivity index (χ1n) is 8.01. The summed E-state index contributed by atoms with van der Waals surface area (Å²) in [6, 6.07) is 16.1. The smallest absolute Gasteiger partial charge is 0.133 e. The molecule has 118 valence electrons. The van der Waals surface area contributed by atoms with Crippen LogP contribution in [0, 0.1) is 0 Å². The zero-order chi connectivity index (χ0) is 15.6. The highest BCUT2D eigenvalue weighted by Gasteiger charge is 2.06. The lowest BCUT2D eigenvalue weighted by Crippen LogP contribution is -2.15. The van der Waals surface area contributed by atoms with Crippen LogP contribution in [-0.2, 0) is 6.54 Å². The van der Waals surface area contributed by atoms with Gasteiger partial charge in [0, 0.05) is 16.6 Å². The van der Waals surface area contributed by atoms with Gasteiger partial charge >= 0.3 is 0 Å². The Kier molecular flexibility index (Phi) is 7.47. The molecule has 0 heterocycles. The Hall–Kier alpha value is -1.32. The van der Waals surface area contributed by atoms with Crippen molar-refractivity contribution in [3.63, 3.8) is 0 Å². The van der Waals surface area contributed by atoms with Gasteiger partial charge in [-0.05, 0) is 37.2 Å². The molecule has 0 aliphatic rings. The lowest BCUT2D eigenvalue weighted by atomic mass is 10.2. The van der Waals surface area contributed by atoms with E-state index in [2.05, 4.69) is 40.3 Å². The summed E-state index contributed by atoms with van der Waals surface area (Å²) in [5.41, 5.74) is 1.18. The Balaban J connectivity index is 1.93. The second kappa shape index (κ2) is 9.65. The summed E-state index contributed by atoms with van der Waals surface area (Å²) >= 11 is 3.52. The average Bonchev–Trinajstić information content (AvgIpc) is 2.53. The Morgan fingerprint density at radius 3 is 2.59 bits per heavy atom. The number of para-hydroxylation sites is 1. The molecule has 22 heavy (non-hydrogen) atoms. The number of nitrogens with one attached hydrogen (secondary N) is 1. The molecule has 0 radical (unpaired) electrons. The zero-order valence-electron chi connectivity index (χ0n) is 13.1. The molecule has 2 nitrogen and oxygen atoms in total. The molecule has 0 saturated heterocycles. The van der Waals surface area contributed by atoms with Gasteiger partial charge in [-0.15, -0.1) is 0 Å². The maximum absolute atomic E-state index is 6.02. The first-order valence-corrected chi connectivity index (χ1v) is 8.81. The highest BCUT2D eigenvalue weighted by Crippen LogP contribution is 2.28. The van der Waals surface area contributed by atoms with Crippen LogP contribution in [0.4, 0.5) is 0 Å². The van der Waals surface area contributed by atoms with Crippen LogP contribution in [0.2, 0.25) is 0 Å². The van der Waals surface area contributed by atoms with Crippen LogP contribution in [0.15, 0.2) is 53.0 Å². The van der Waals surface area contributed by atoms with Gasteiger partial charge in [0.1, 0.15) is 11.5 Å². The largest absolute Gasteiger partial charge is 0.457 e. The molecule has 0 atom stereocenters. The molecular formula is C19H24BrNO. The molecule has 0 aliphatic heterocycles. The van der Waals surface area contributed by atoms with Crippen molar-refractivity contribution in [3.8, 4) is 11.5 Å². The first kappa shape index (κ1) is 17.0. The van der Waals surface area contributed by atoms with Crippen LogP contribution in [0.3, 0.4) is 0 Å². The lowest BCUT2D eigenvalue weighted by molar-refractivity contribution is 0.471. The Morgan fingerprint density at radius 1 is 1.00 bits per heavy atom. The van der Waals surface area contributed by atoms with Crippen molar-refractivity contribution in [2.24, 2.45) is 0 Å². The molecular weight excluding hydrogens is 338 g/mol. The van der Waals surface area contributed by atoms with Crippen molar-refractivity contribution in [2.75, 3.05) is 6.54 Å². The third-order valence-electron chi connectivity index (χ3n) is 3.52. The van der Waals surface area contributed by atoms with Crippen molar-refractivity contribution in [3.05, 3.63) is 58.6 Å². The average molecular weight is 362 g/mol. The molecule has 1 N–H and O–H groups in total. The van der Waals surface area contributed by atoms with Crippen molar-refractivity contribution >= 4 is 15.9 Å². The zero-order valence-corrected chi connectivity index (χ0v) is 14.7. The summed E-state index contributed by atoms with van der Waals surface area (Å²) in [5.74, 6) is 1.77. The van der Waals surface area contributed by atoms with E-state index < -0.39 is 0 Å². The van der Waals surface area contributed by atoms with Crippen molar-refractivity contribution in [1.82, 2.24) is 5.32 Å². The van der Waals surface area contributed by atoms with Gasteiger partial charge < -0.3 is 10.1 Å². The van der Waals surface area contributed by atoms with Crippen LogP contribution in [-0.4, -0.2) is 6.54 Å². The highest BCUT2D eigenvalue weighted by atomic mass is 79.9. The van der Waals surface area contributed by atoms with Gasteiger partial charge in [0.2, 0.25) is 0 Å². The van der Waals surface area contributed by atoms with E-state index in [9.17, 15) is 0 Å². The van der Waals surface area contributed by atoms with E-state index >= 15 is 0 Å². The van der Waals surface area contributed by atoms with E-state index in [0.29, 0.717) is 0 Å². The molecule has 0 aromatic heterocycles. The van der Waals surface area contributed by atoms with E-state index in [1.54, 1.807) is 0 Å². The minimum Gasteiger partial charge on any atom is -0.457 e. The third kappa shape index (κ3) is 5.82. The first-order chi connectivity index (χ1) is 10.8. The highest BCUT2D eigenvalue weighted by molar-refractivity contribution is 9.10. The molecule has 2 aromatic carbocycles. The topological polar surface area (TPSA) is 21.3 Å². The summed E-state index contributed by atoms with van der Waals surface area (Å²) in [6.45, 7) is 4.13. The molecule has 0 saturated carbocycles. The van der Waals surface area contributed by atoms with Gasteiger partial charge in [0.15, 0.2) is 0 Å². The van der Waals surface area contributed by atoms with Gasteiger partial charge in [-0.2, -0.15) is 0 Å². The summed E-state index contributed by atoms with van der Waals surface area (Å²) < 4.78 is 7.05. The molecule has 0 aliphatic carbocycles.